The summed E-state index contributed by atoms with van der Waals surface area (Å²) in [5, 5.41) is 9.09. The van der Waals surface area contributed by atoms with Gasteiger partial charge in [0.05, 0.1) is 16.9 Å². The lowest BCUT2D eigenvalue weighted by molar-refractivity contribution is 0.112. The molecule has 3 nitrogen and oxygen atoms in total. The zero-order chi connectivity index (χ0) is 13.0. The molecule has 0 saturated heterocycles. The van der Waals surface area contributed by atoms with Crippen molar-refractivity contribution in [2.45, 2.75) is 0 Å². The zero-order valence-corrected chi connectivity index (χ0v) is 10.00. The highest BCUT2D eigenvalue weighted by Crippen LogP contribution is 2.28. The summed E-state index contributed by atoms with van der Waals surface area (Å²) in [6, 6.07) is 16.8. The number of rotatable bonds is 3. The molecule has 0 radical (unpaired) electrons. The lowest BCUT2D eigenvalue weighted by atomic mass is 10.1. The van der Waals surface area contributed by atoms with Crippen molar-refractivity contribution in [3.05, 3.63) is 59.7 Å². The summed E-state index contributed by atoms with van der Waals surface area (Å²) >= 11 is 0. The largest absolute Gasteiger partial charge is 0.343 e. The van der Waals surface area contributed by atoms with Gasteiger partial charge in [0, 0.05) is 12.6 Å². The van der Waals surface area contributed by atoms with Crippen LogP contribution in [0.5, 0.6) is 0 Å². The van der Waals surface area contributed by atoms with Gasteiger partial charge in [0.2, 0.25) is 0 Å². The van der Waals surface area contributed by atoms with Crippen LogP contribution in [0, 0.1) is 11.3 Å². The smallest absolute Gasteiger partial charge is 0.152 e. The van der Waals surface area contributed by atoms with E-state index in [0.717, 1.165) is 17.7 Å². The summed E-state index contributed by atoms with van der Waals surface area (Å²) < 4.78 is 0. The minimum atomic E-state index is 0.584. The molecule has 0 heterocycles. The fourth-order valence-electron chi connectivity index (χ4n) is 1.88. The molecular formula is C15H12N2O. The molecule has 0 spiro atoms. The first-order valence-electron chi connectivity index (χ1n) is 5.55. The predicted octanol–water partition coefficient (Wildman–Crippen LogP) is 3.14. The van der Waals surface area contributed by atoms with Crippen LogP contribution in [0.2, 0.25) is 0 Å². The first kappa shape index (κ1) is 11.9. The van der Waals surface area contributed by atoms with E-state index < -0.39 is 0 Å². The molecule has 2 rings (SSSR count). The van der Waals surface area contributed by atoms with Gasteiger partial charge in [-0.2, -0.15) is 5.26 Å². The molecule has 0 aromatic heterocycles. The summed E-state index contributed by atoms with van der Waals surface area (Å²) in [4.78, 5) is 12.9. The summed E-state index contributed by atoms with van der Waals surface area (Å²) in [5.41, 5.74) is 2.76. The van der Waals surface area contributed by atoms with E-state index in [4.69, 9.17) is 5.26 Å². The molecule has 0 unspecified atom stereocenters. The van der Waals surface area contributed by atoms with E-state index in [1.54, 1.807) is 12.1 Å². The van der Waals surface area contributed by atoms with Crippen LogP contribution < -0.4 is 4.90 Å². The number of nitriles is 1. The molecule has 0 aliphatic carbocycles. The number of hydrogen-bond donors (Lipinski definition) is 0. The number of benzene rings is 2. The predicted molar refractivity (Wildman–Crippen MR) is 71.0 cm³/mol. The van der Waals surface area contributed by atoms with Gasteiger partial charge in [-0.05, 0) is 24.3 Å². The number of hydrogen-bond acceptors (Lipinski definition) is 3. The number of para-hydroxylation sites is 2. The van der Waals surface area contributed by atoms with Crippen molar-refractivity contribution in [1.29, 1.82) is 5.26 Å². The second kappa shape index (κ2) is 5.15. The van der Waals surface area contributed by atoms with Crippen molar-refractivity contribution in [2.75, 3.05) is 11.9 Å². The molecule has 2 aromatic carbocycles. The van der Waals surface area contributed by atoms with E-state index in [1.165, 1.54) is 0 Å². The number of carbonyl (C=O) groups excluding carboxylic acids is 1. The topological polar surface area (TPSA) is 44.1 Å². The third-order valence-corrected chi connectivity index (χ3v) is 2.81. The van der Waals surface area contributed by atoms with Crippen LogP contribution in [0.25, 0.3) is 0 Å². The molecule has 0 aliphatic heterocycles. The lowest BCUT2D eigenvalue weighted by Crippen LogP contribution is -2.12. The lowest BCUT2D eigenvalue weighted by Gasteiger charge is -2.21. The van der Waals surface area contributed by atoms with Crippen LogP contribution >= 0.6 is 0 Å². The van der Waals surface area contributed by atoms with E-state index in [0.29, 0.717) is 11.1 Å². The maximum atomic E-state index is 11.0. The van der Waals surface area contributed by atoms with Crippen LogP contribution in [0.4, 0.5) is 11.4 Å². The molecule has 3 heteroatoms. The number of anilines is 2. The fraction of sp³-hybridized carbons (Fsp3) is 0.0667. The fourth-order valence-corrected chi connectivity index (χ4v) is 1.88. The van der Waals surface area contributed by atoms with Gasteiger partial charge in [-0.15, -0.1) is 0 Å². The Morgan fingerprint density at radius 2 is 1.67 bits per heavy atom. The first-order chi connectivity index (χ1) is 8.77. The van der Waals surface area contributed by atoms with Crippen LogP contribution in [0.15, 0.2) is 48.5 Å². The van der Waals surface area contributed by atoms with E-state index in [-0.39, 0.29) is 0 Å². The van der Waals surface area contributed by atoms with E-state index in [9.17, 15) is 4.79 Å². The van der Waals surface area contributed by atoms with Gasteiger partial charge < -0.3 is 4.90 Å². The van der Waals surface area contributed by atoms with Crippen LogP contribution in [0.1, 0.15) is 15.9 Å². The van der Waals surface area contributed by atoms with Gasteiger partial charge in [0.15, 0.2) is 6.29 Å². The monoisotopic (exact) mass is 236 g/mol. The highest BCUT2D eigenvalue weighted by Gasteiger charge is 2.11. The average Bonchev–Trinajstić information content (AvgIpc) is 2.46. The van der Waals surface area contributed by atoms with Crippen molar-refractivity contribution in [3.63, 3.8) is 0 Å². The minimum absolute atomic E-state index is 0.584. The molecule has 18 heavy (non-hydrogen) atoms. The van der Waals surface area contributed by atoms with Gasteiger partial charge in [-0.25, -0.2) is 0 Å². The van der Waals surface area contributed by atoms with Gasteiger partial charge >= 0.3 is 0 Å². The Labute approximate surface area is 106 Å². The number of aldehydes is 1. The first-order valence-corrected chi connectivity index (χ1v) is 5.55. The molecule has 0 amide bonds. The van der Waals surface area contributed by atoms with E-state index in [1.807, 2.05) is 48.3 Å². The average molecular weight is 236 g/mol. The number of carbonyl (C=O) groups is 1. The molecule has 0 atom stereocenters. The Morgan fingerprint density at radius 3 is 2.33 bits per heavy atom. The maximum Gasteiger partial charge on any atom is 0.152 e. The van der Waals surface area contributed by atoms with E-state index in [2.05, 4.69) is 6.07 Å². The molecule has 0 bridgehead atoms. The second-order valence-corrected chi connectivity index (χ2v) is 3.86. The SMILES string of the molecule is CN(c1ccccc1C#N)c1ccccc1C=O. The molecule has 0 aliphatic rings. The third-order valence-electron chi connectivity index (χ3n) is 2.81. The zero-order valence-electron chi connectivity index (χ0n) is 10.00. The summed E-state index contributed by atoms with van der Waals surface area (Å²) in [6.07, 6.45) is 0.820. The van der Waals surface area contributed by atoms with Crippen molar-refractivity contribution in [1.82, 2.24) is 0 Å². The molecular weight excluding hydrogens is 224 g/mol. The van der Waals surface area contributed by atoms with Crippen LogP contribution in [0.3, 0.4) is 0 Å². The van der Waals surface area contributed by atoms with E-state index >= 15 is 0 Å². The van der Waals surface area contributed by atoms with Crippen molar-refractivity contribution < 1.29 is 4.79 Å². The minimum Gasteiger partial charge on any atom is -0.343 e. The summed E-state index contributed by atoms with van der Waals surface area (Å²) in [7, 11) is 1.85. The maximum absolute atomic E-state index is 11.0. The Kier molecular flexibility index (Phi) is 3.40. The third kappa shape index (κ3) is 2.09. The van der Waals surface area contributed by atoms with Gasteiger partial charge in [-0.3, -0.25) is 4.79 Å². The molecule has 0 N–H and O–H groups in total. The van der Waals surface area contributed by atoms with Crippen molar-refractivity contribution in [2.24, 2.45) is 0 Å². The second-order valence-electron chi connectivity index (χ2n) is 3.86. The highest BCUT2D eigenvalue weighted by atomic mass is 16.1. The Balaban J connectivity index is 2.52. The standard InChI is InChI=1S/C15H12N2O/c1-17(14-8-4-2-6-12(14)10-16)15-9-5-3-7-13(15)11-18/h2-9,11H,1H3. The van der Waals surface area contributed by atoms with Gasteiger partial charge in [-0.1, -0.05) is 24.3 Å². The summed E-state index contributed by atoms with van der Waals surface area (Å²) in [5.74, 6) is 0. The molecule has 0 fully saturated rings. The molecule has 88 valence electrons. The van der Waals surface area contributed by atoms with Crippen LogP contribution in [-0.2, 0) is 0 Å². The van der Waals surface area contributed by atoms with Crippen molar-refractivity contribution >= 4 is 17.7 Å². The van der Waals surface area contributed by atoms with Crippen molar-refractivity contribution in [3.8, 4) is 6.07 Å². The van der Waals surface area contributed by atoms with Gasteiger partial charge in [0.1, 0.15) is 6.07 Å². The molecule has 2 aromatic rings. The van der Waals surface area contributed by atoms with Gasteiger partial charge in [0.25, 0.3) is 0 Å². The Morgan fingerprint density at radius 1 is 1.06 bits per heavy atom. The summed E-state index contributed by atoms with van der Waals surface area (Å²) in [6.45, 7) is 0. The Bertz CT molecular complexity index is 614. The Hall–Kier alpha value is -2.60. The number of nitrogens with zero attached hydrogens (tertiary/aromatic N) is 2. The highest BCUT2D eigenvalue weighted by molar-refractivity contribution is 5.87. The molecule has 0 saturated carbocycles. The van der Waals surface area contributed by atoms with Crippen LogP contribution in [-0.4, -0.2) is 13.3 Å². The quantitative estimate of drug-likeness (QED) is 0.769. The normalized spacial score (nSPS) is 9.56.